The predicted molar refractivity (Wildman–Crippen MR) is 151 cm³/mol. The van der Waals surface area contributed by atoms with E-state index in [9.17, 15) is 13.2 Å². The summed E-state index contributed by atoms with van der Waals surface area (Å²) in [6.07, 6.45) is 1.33. The number of nitrogens with one attached hydrogen (secondary N) is 2. The molecule has 0 radical (unpaired) electrons. The van der Waals surface area contributed by atoms with E-state index in [0.717, 1.165) is 29.0 Å². The maximum atomic E-state index is 12.7. The van der Waals surface area contributed by atoms with Crippen LogP contribution in [0.25, 0.3) is 0 Å². The molecule has 0 saturated carbocycles. The molecule has 0 aliphatic carbocycles. The van der Waals surface area contributed by atoms with Crippen LogP contribution < -0.4 is 49.8 Å². The molecule has 40 heavy (non-hydrogen) atoms. The zero-order valence-electron chi connectivity index (χ0n) is 24.0. The molecule has 0 saturated heterocycles. The average molecular weight is 577 g/mol. The summed E-state index contributed by atoms with van der Waals surface area (Å²) < 4.78 is 34.8. The van der Waals surface area contributed by atoms with E-state index in [1.165, 1.54) is 23.3 Å². The van der Waals surface area contributed by atoms with Gasteiger partial charge in [-0.15, -0.1) is 0 Å². The van der Waals surface area contributed by atoms with Crippen LogP contribution in [-0.4, -0.2) is 32.2 Å². The van der Waals surface area contributed by atoms with Crippen molar-refractivity contribution in [2.75, 3.05) is 26.3 Å². The summed E-state index contributed by atoms with van der Waals surface area (Å²) in [5.41, 5.74) is 8.22. The number of hydrogen-bond acceptors (Lipinski definition) is 8. The molecule has 210 valence electrons. The first kappa shape index (κ1) is 33.8. The molecule has 0 atom stereocenters. The summed E-state index contributed by atoms with van der Waals surface area (Å²) in [6.45, 7) is 10.1. The van der Waals surface area contributed by atoms with Gasteiger partial charge in [-0.25, -0.2) is 5.48 Å². The normalized spacial score (nSPS) is 10.7. The smallest absolute Gasteiger partial charge is 0.493 e. The van der Waals surface area contributed by atoms with Crippen molar-refractivity contribution in [2.45, 2.75) is 52.0 Å². The second kappa shape index (κ2) is 17.4. The van der Waals surface area contributed by atoms with Crippen molar-refractivity contribution in [1.29, 1.82) is 0 Å². The number of benzene rings is 3. The van der Waals surface area contributed by atoms with Crippen molar-refractivity contribution in [1.82, 2.24) is 10.8 Å². The number of hydrogen-bond donors (Lipinski definition) is 2. The van der Waals surface area contributed by atoms with Crippen LogP contribution >= 0.6 is 0 Å². The van der Waals surface area contributed by atoms with Gasteiger partial charge in [0.15, 0.2) is 0 Å². The second-order valence-electron chi connectivity index (χ2n) is 9.48. The first-order valence-corrected chi connectivity index (χ1v) is 14.1. The van der Waals surface area contributed by atoms with E-state index in [4.69, 9.17) is 14.3 Å². The van der Waals surface area contributed by atoms with Crippen molar-refractivity contribution >= 4 is 16.6 Å². The summed E-state index contributed by atoms with van der Waals surface area (Å²) in [4.78, 5) is 18.2. The van der Waals surface area contributed by atoms with Crippen molar-refractivity contribution < 1.29 is 57.1 Å². The number of aryl methyl sites for hydroxylation is 4. The Morgan fingerprint density at radius 2 is 1.35 bits per heavy atom. The molecule has 0 unspecified atom stereocenters. The fourth-order valence-corrected chi connectivity index (χ4v) is 4.46. The van der Waals surface area contributed by atoms with Crippen LogP contribution in [0.4, 0.5) is 0 Å². The Morgan fingerprint density at radius 1 is 0.775 bits per heavy atom. The van der Waals surface area contributed by atoms with Gasteiger partial charge < -0.3 is 23.2 Å². The van der Waals surface area contributed by atoms with Crippen LogP contribution in [0.2, 0.25) is 0 Å². The maximum absolute atomic E-state index is 12.7. The van der Waals surface area contributed by atoms with E-state index in [0.29, 0.717) is 38.3 Å². The number of rotatable bonds is 15. The molecule has 0 bridgehead atoms. The number of ether oxygens (including phenoxy) is 2. The molecule has 3 aromatic rings. The standard InChI is InChI=1S/C30H37N2O6S.Na/c1-21-7-9-28(23(3)15-21)36-13-5-11-31-30(33)26-17-25(18-27(19-26)39(34)35)20-38-32-12-6-14-37-29-10-8-22(2)16-24(29)4;/h7-10,15-19,32H,5-6,11-14,20H2,1-4H3,(H,31,33);/q-1;+1. The van der Waals surface area contributed by atoms with Crippen molar-refractivity contribution in [3.05, 3.63) is 88.0 Å². The maximum Gasteiger partial charge on any atom is 1.00 e. The fraction of sp³-hybridized carbons (Fsp3) is 0.367. The Labute approximate surface area is 261 Å². The monoisotopic (exact) mass is 576 g/mol. The van der Waals surface area contributed by atoms with Gasteiger partial charge in [-0.05, 0) is 86.1 Å². The zero-order chi connectivity index (χ0) is 28.2. The van der Waals surface area contributed by atoms with Crippen molar-refractivity contribution in [3.8, 4) is 11.5 Å². The SMILES string of the molecule is Cc1ccc(OCCCNOCc2cc(C(=O)NCCCOc3ccc(C)cc3C)cc([S-](=O)=O)c2)c(C)c1.[Na+]. The average Bonchev–Trinajstić information content (AvgIpc) is 2.89. The van der Waals surface area contributed by atoms with Gasteiger partial charge in [0.05, 0.1) is 19.8 Å². The number of carbonyl (C=O) groups is 1. The van der Waals surface area contributed by atoms with E-state index in [-0.39, 0.29) is 52.5 Å². The van der Waals surface area contributed by atoms with Gasteiger partial charge >= 0.3 is 29.6 Å². The van der Waals surface area contributed by atoms with Crippen LogP contribution in [0.5, 0.6) is 11.5 Å². The predicted octanol–water partition coefficient (Wildman–Crippen LogP) is 2.28. The first-order valence-electron chi connectivity index (χ1n) is 13.0. The molecular formula is C30H37N2NaO6S. The molecule has 0 spiro atoms. The minimum absolute atomic E-state index is 0. The third kappa shape index (κ3) is 11.2. The Kier molecular flexibility index (Phi) is 14.7. The number of hydroxylamine groups is 1. The molecule has 0 aliphatic rings. The molecule has 0 aromatic heterocycles. The van der Waals surface area contributed by atoms with Crippen LogP contribution in [0.3, 0.4) is 0 Å². The molecule has 10 heteroatoms. The van der Waals surface area contributed by atoms with Crippen LogP contribution in [0, 0.1) is 27.7 Å². The topological polar surface area (TPSA) is 103 Å². The summed E-state index contributed by atoms with van der Waals surface area (Å²) in [6, 6.07) is 16.5. The van der Waals surface area contributed by atoms with Crippen LogP contribution in [0.1, 0.15) is 51.0 Å². The summed E-state index contributed by atoms with van der Waals surface area (Å²) in [5, 5.41) is 2.82. The molecule has 8 nitrogen and oxygen atoms in total. The molecule has 0 heterocycles. The van der Waals surface area contributed by atoms with Crippen LogP contribution in [-0.2, 0) is 30.6 Å². The van der Waals surface area contributed by atoms with E-state index in [2.05, 4.69) is 22.9 Å². The molecule has 3 aromatic carbocycles. The van der Waals surface area contributed by atoms with E-state index in [1.54, 1.807) is 6.07 Å². The molecule has 3 rings (SSSR count). The second-order valence-corrected chi connectivity index (χ2v) is 10.4. The van der Waals surface area contributed by atoms with Crippen molar-refractivity contribution in [2.24, 2.45) is 0 Å². The largest absolute Gasteiger partial charge is 1.00 e. The molecule has 1 amide bonds. The van der Waals surface area contributed by atoms with Crippen molar-refractivity contribution in [3.63, 3.8) is 0 Å². The Bertz CT molecular complexity index is 1340. The molecule has 0 aliphatic heterocycles. The number of carbonyl (C=O) groups excluding carboxylic acids is 1. The quantitative estimate of drug-likeness (QED) is 0.124. The van der Waals surface area contributed by atoms with Crippen LogP contribution in [0.15, 0.2) is 59.5 Å². The minimum atomic E-state index is -2.48. The van der Waals surface area contributed by atoms with Gasteiger partial charge in [-0.3, -0.25) is 9.63 Å². The summed E-state index contributed by atoms with van der Waals surface area (Å²) in [5.74, 6) is 1.33. The Balaban J connectivity index is 0.00000560. The summed E-state index contributed by atoms with van der Waals surface area (Å²) >= 11 is 0. The minimum Gasteiger partial charge on any atom is -0.493 e. The zero-order valence-corrected chi connectivity index (χ0v) is 26.8. The fourth-order valence-electron chi connectivity index (χ4n) is 3.99. The van der Waals surface area contributed by atoms with E-state index >= 15 is 0 Å². The summed E-state index contributed by atoms with van der Waals surface area (Å²) in [7, 11) is -2.48. The molecule has 0 fully saturated rings. The van der Waals surface area contributed by atoms with Gasteiger partial charge in [0.25, 0.3) is 5.91 Å². The van der Waals surface area contributed by atoms with Gasteiger partial charge in [-0.2, -0.15) is 0 Å². The molecule has 2 N–H and O–H groups in total. The van der Waals surface area contributed by atoms with Gasteiger partial charge in [0, 0.05) is 18.7 Å². The third-order valence-corrected chi connectivity index (χ3v) is 6.59. The Morgan fingerprint density at radius 3 is 1.90 bits per heavy atom. The molecular weight excluding hydrogens is 539 g/mol. The van der Waals surface area contributed by atoms with Gasteiger partial charge in [0.1, 0.15) is 11.5 Å². The van der Waals surface area contributed by atoms with E-state index in [1.807, 2.05) is 52.0 Å². The third-order valence-electron chi connectivity index (χ3n) is 5.97. The van der Waals surface area contributed by atoms with E-state index < -0.39 is 10.7 Å². The van der Waals surface area contributed by atoms with Gasteiger partial charge in [0.2, 0.25) is 0 Å². The Hall–Kier alpha value is -2.40. The van der Waals surface area contributed by atoms with Gasteiger partial charge in [-0.1, -0.05) is 52.4 Å². The first-order chi connectivity index (χ1) is 18.7. The number of amides is 1.